The first-order valence-corrected chi connectivity index (χ1v) is 7.56. The fourth-order valence-electron chi connectivity index (χ4n) is 2.38. The van der Waals surface area contributed by atoms with E-state index in [4.69, 9.17) is 23.2 Å². The van der Waals surface area contributed by atoms with Crippen molar-refractivity contribution in [2.45, 2.75) is 6.10 Å². The molecule has 110 valence electrons. The van der Waals surface area contributed by atoms with E-state index in [2.05, 4.69) is 4.98 Å². The highest BCUT2D eigenvalue weighted by Gasteiger charge is 2.15. The van der Waals surface area contributed by atoms with Crippen molar-refractivity contribution in [3.8, 4) is 11.1 Å². The van der Waals surface area contributed by atoms with Crippen LogP contribution >= 0.6 is 23.2 Å². The highest BCUT2D eigenvalue weighted by atomic mass is 35.5. The minimum atomic E-state index is -0.716. The topological polar surface area (TPSA) is 33.1 Å². The molecule has 0 aliphatic rings. The fourth-order valence-corrected chi connectivity index (χ4v) is 2.65. The molecule has 2 nitrogen and oxygen atoms in total. The molecule has 0 saturated carbocycles. The molecule has 1 heterocycles. The van der Waals surface area contributed by atoms with E-state index >= 15 is 0 Å². The van der Waals surface area contributed by atoms with Gasteiger partial charge in [0.1, 0.15) is 11.3 Å². The van der Waals surface area contributed by atoms with Crippen LogP contribution in [0.1, 0.15) is 17.2 Å². The van der Waals surface area contributed by atoms with Crippen molar-refractivity contribution < 1.29 is 5.11 Å². The Morgan fingerprint density at radius 3 is 2.32 bits per heavy atom. The van der Waals surface area contributed by atoms with Gasteiger partial charge in [-0.3, -0.25) is 0 Å². The first-order chi connectivity index (χ1) is 10.7. The van der Waals surface area contributed by atoms with Gasteiger partial charge >= 0.3 is 0 Å². The van der Waals surface area contributed by atoms with Crippen LogP contribution in [0, 0.1) is 0 Å². The third kappa shape index (κ3) is 3.00. The lowest BCUT2D eigenvalue weighted by molar-refractivity contribution is 0.221. The van der Waals surface area contributed by atoms with Crippen LogP contribution in [0.2, 0.25) is 10.2 Å². The van der Waals surface area contributed by atoms with Gasteiger partial charge in [0, 0.05) is 11.8 Å². The molecule has 0 saturated heterocycles. The summed E-state index contributed by atoms with van der Waals surface area (Å²) in [6.45, 7) is 0. The van der Waals surface area contributed by atoms with Crippen molar-refractivity contribution in [2.75, 3.05) is 0 Å². The van der Waals surface area contributed by atoms with Crippen LogP contribution < -0.4 is 0 Å². The summed E-state index contributed by atoms with van der Waals surface area (Å²) in [5, 5.41) is 11.3. The van der Waals surface area contributed by atoms with E-state index in [0.717, 1.165) is 22.3 Å². The van der Waals surface area contributed by atoms with Gasteiger partial charge in [-0.1, -0.05) is 77.8 Å². The normalized spacial score (nSPS) is 12.1. The van der Waals surface area contributed by atoms with Crippen molar-refractivity contribution >= 4 is 23.2 Å². The molecular weight excluding hydrogens is 317 g/mol. The maximum atomic E-state index is 10.7. The van der Waals surface area contributed by atoms with E-state index in [1.54, 1.807) is 12.3 Å². The average molecular weight is 330 g/mol. The summed E-state index contributed by atoms with van der Waals surface area (Å²) in [5.74, 6) is 0. The molecule has 1 unspecified atom stereocenters. The molecule has 0 radical (unpaired) electrons. The number of benzene rings is 2. The summed E-state index contributed by atoms with van der Waals surface area (Å²) in [6.07, 6.45) is 0.942. The van der Waals surface area contributed by atoms with Crippen LogP contribution in [0.25, 0.3) is 11.1 Å². The first-order valence-electron chi connectivity index (χ1n) is 6.80. The Morgan fingerprint density at radius 1 is 0.909 bits per heavy atom. The monoisotopic (exact) mass is 329 g/mol. The van der Waals surface area contributed by atoms with Crippen molar-refractivity contribution in [3.63, 3.8) is 0 Å². The largest absolute Gasteiger partial charge is 0.384 e. The molecular formula is C18H13Cl2NO. The maximum Gasteiger partial charge on any atom is 0.147 e. The molecule has 0 bridgehead atoms. The quantitative estimate of drug-likeness (QED) is 0.675. The zero-order valence-electron chi connectivity index (χ0n) is 11.6. The van der Waals surface area contributed by atoms with Crippen molar-refractivity contribution in [1.82, 2.24) is 4.98 Å². The van der Waals surface area contributed by atoms with E-state index in [1.165, 1.54) is 0 Å². The molecule has 0 amide bonds. The summed E-state index contributed by atoms with van der Waals surface area (Å²) in [7, 11) is 0. The first kappa shape index (κ1) is 15.0. The Hall–Kier alpha value is -1.87. The van der Waals surface area contributed by atoms with Gasteiger partial charge in [0.05, 0.1) is 5.02 Å². The highest BCUT2D eigenvalue weighted by Crippen LogP contribution is 2.33. The van der Waals surface area contributed by atoms with Gasteiger partial charge in [-0.05, 0) is 22.8 Å². The third-order valence-corrected chi connectivity index (χ3v) is 4.16. The average Bonchev–Trinajstić information content (AvgIpc) is 2.57. The zero-order valence-corrected chi connectivity index (χ0v) is 13.1. The lowest BCUT2D eigenvalue weighted by atomic mass is 9.93. The number of hydrogen-bond donors (Lipinski definition) is 1. The molecule has 0 aliphatic carbocycles. The summed E-state index contributed by atoms with van der Waals surface area (Å²) < 4.78 is 0. The predicted octanol–water partition coefficient (Wildman–Crippen LogP) is 5.14. The SMILES string of the molecule is OC(c1ccccc1)c1ccccc1-c1cnc(Cl)c(Cl)c1. The number of hydrogen-bond acceptors (Lipinski definition) is 2. The van der Waals surface area contributed by atoms with Crippen LogP contribution in [-0.2, 0) is 0 Å². The Balaban J connectivity index is 2.08. The maximum absolute atomic E-state index is 10.7. The third-order valence-electron chi connectivity index (χ3n) is 3.48. The van der Waals surface area contributed by atoms with Crippen molar-refractivity contribution in [3.05, 3.63) is 88.2 Å². The van der Waals surface area contributed by atoms with Gasteiger partial charge in [-0.25, -0.2) is 4.98 Å². The second-order valence-corrected chi connectivity index (χ2v) is 5.66. The van der Waals surface area contributed by atoms with E-state index in [0.29, 0.717) is 5.02 Å². The number of aromatic nitrogens is 1. The molecule has 4 heteroatoms. The summed E-state index contributed by atoms with van der Waals surface area (Å²) in [5.41, 5.74) is 3.33. The minimum absolute atomic E-state index is 0.270. The van der Waals surface area contributed by atoms with Gasteiger partial charge < -0.3 is 5.11 Å². The molecule has 22 heavy (non-hydrogen) atoms. The van der Waals surface area contributed by atoms with Gasteiger partial charge in [-0.15, -0.1) is 0 Å². The zero-order chi connectivity index (χ0) is 15.5. The van der Waals surface area contributed by atoms with Gasteiger partial charge in [-0.2, -0.15) is 0 Å². The Labute approximate surface area is 139 Å². The van der Waals surface area contributed by atoms with Gasteiger partial charge in [0.25, 0.3) is 0 Å². The summed E-state index contributed by atoms with van der Waals surface area (Å²) >= 11 is 11.9. The number of halogens is 2. The standard InChI is InChI=1S/C18H13Cl2NO/c19-16-10-13(11-21-18(16)20)14-8-4-5-9-15(14)17(22)12-6-2-1-3-7-12/h1-11,17,22H. The number of aliphatic hydroxyl groups excluding tert-OH is 1. The molecule has 0 spiro atoms. The second kappa shape index (κ2) is 6.49. The Morgan fingerprint density at radius 2 is 1.59 bits per heavy atom. The molecule has 3 aromatic rings. The van der Waals surface area contributed by atoms with Crippen LogP contribution in [0.15, 0.2) is 66.9 Å². The number of aliphatic hydroxyl groups is 1. The molecule has 0 aliphatic heterocycles. The van der Waals surface area contributed by atoms with E-state index in [1.807, 2.05) is 54.6 Å². The lowest BCUT2D eigenvalue weighted by Gasteiger charge is -2.16. The minimum Gasteiger partial charge on any atom is -0.384 e. The number of rotatable bonds is 3. The summed E-state index contributed by atoms with van der Waals surface area (Å²) in [4.78, 5) is 4.08. The second-order valence-electron chi connectivity index (χ2n) is 4.90. The number of nitrogens with zero attached hydrogens (tertiary/aromatic N) is 1. The van der Waals surface area contributed by atoms with Gasteiger partial charge in [0.15, 0.2) is 0 Å². The van der Waals surface area contributed by atoms with E-state index in [-0.39, 0.29) is 5.15 Å². The summed E-state index contributed by atoms with van der Waals surface area (Å²) in [6, 6.07) is 18.9. The van der Waals surface area contributed by atoms with Crippen molar-refractivity contribution in [2.24, 2.45) is 0 Å². The molecule has 0 fully saturated rings. The molecule has 1 aromatic heterocycles. The predicted molar refractivity (Wildman–Crippen MR) is 90.2 cm³/mol. The molecule has 1 atom stereocenters. The Bertz CT molecular complexity index is 790. The highest BCUT2D eigenvalue weighted by molar-refractivity contribution is 6.41. The van der Waals surface area contributed by atoms with E-state index < -0.39 is 6.10 Å². The lowest BCUT2D eigenvalue weighted by Crippen LogP contribution is -2.01. The van der Waals surface area contributed by atoms with Crippen LogP contribution in [0.3, 0.4) is 0 Å². The Kier molecular flexibility index (Phi) is 4.44. The molecule has 2 aromatic carbocycles. The molecule has 1 N–H and O–H groups in total. The fraction of sp³-hybridized carbons (Fsp3) is 0.0556. The van der Waals surface area contributed by atoms with E-state index in [9.17, 15) is 5.11 Å². The van der Waals surface area contributed by atoms with Crippen LogP contribution in [-0.4, -0.2) is 10.1 Å². The molecule has 3 rings (SSSR count). The van der Waals surface area contributed by atoms with Crippen molar-refractivity contribution in [1.29, 1.82) is 0 Å². The van der Waals surface area contributed by atoms with Crippen LogP contribution in [0.4, 0.5) is 0 Å². The van der Waals surface area contributed by atoms with Crippen LogP contribution in [0.5, 0.6) is 0 Å². The van der Waals surface area contributed by atoms with Gasteiger partial charge in [0.2, 0.25) is 0 Å². The smallest absolute Gasteiger partial charge is 0.147 e. The number of pyridine rings is 1.